The highest BCUT2D eigenvalue weighted by Gasteiger charge is 2.35. The summed E-state index contributed by atoms with van der Waals surface area (Å²) in [4.78, 5) is 44.9. The van der Waals surface area contributed by atoms with Crippen molar-refractivity contribution in [3.05, 3.63) is 69.8 Å². The summed E-state index contributed by atoms with van der Waals surface area (Å²) in [5, 5.41) is 8.16. The smallest absolute Gasteiger partial charge is 0.258 e. The highest BCUT2D eigenvalue weighted by molar-refractivity contribution is 6.04. The third-order valence-corrected chi connectivity index (χ3v) is 5.08. The van der Waals surface area contributed by atoms with Crippen molar-refractivity contribution in [2.45, 2.75) is 19.3 Å². The number of benzene rings is 2. The van der Waals surface area contributed by atoms with E-state index in [1.807, 2.05) is 6.92 Å². The normalized spacial score (nSPS) is 14.8. The summed E-state index contributed by atoms with van der Waals surface area (Å²) in [6.07, 6.45) is -0.197. The van der Waals surface area contributed by atoms with E-state index in [9.17, 15) is 18.8 Å². The molecule has 0 radical (unpaired) electrons. The molecule has 2 heterocycles. The van der Waals surface area contributed by atoms with Crippen LogP contribution in [0.2, 0.25) is 0 Å². The minimum Gasteiger partial charge on any atom is -0.497 e. The predicted molar refractivity (Wildman–Crippen MR) is 117 cm³/mol. The van der Waals surface area contributed by atoms with Gasteiger partial charge in [0.15, 0.2) is 0 Å². The number of hydrogen-bond donors (Lipinski definition) is 4. The Balaban J connectivity index is 1.64. The minimum atomic E-state index is -1.03. The Morgan fingerprint density at radius 2 is 1.94 bits per heavy atom. The van der Waals surface area contributed by atoms with Crippen LogP contribution in [0.4, 0.5) is 27.5 Å². The number of aryl methyl sites for hydroxylation is 1. The highest BCUT2D eigenvalue weighted by Crippen LogP contribution is 2.31. The number of H-pyrrole nitrogens is 1. The Morgan fingerprint density at radius 3 is 2.66 bits per heavy atom. The van der Waals surface area contributed by atoms with Crippen LogP contribution in [0.15, 0.2) is 47.3 Å². The monoisotopic (exact) mass is 437 g/mol. The average molecular weight is 437 g/mol. The molecule has 0 unspecified atom stereocenters. The maximum atomic E-state index is 13.1. The lowest BCUT2D eigenvalue weighted by atomic mass is 9.92. The topological polar surface area (TPSA) is 125 Å². The Hall–Kier alpha value is -4.21. The maximum Gasteiger partial charge on any atom is 0.258 e. The molecule has 9 nitrogen and oxygen atoms in total. The molecule has 1 aliphatic heterocycles. The Morgan fingerprint density at radius 1 is 1.19 bits per heavy atom. The molecule has 1 atom stereocenters. The summed E-state index contributed by atoms with van der Waals surface area (Å²) in [6.45, 7) is 1.82. The number of ether oxygens (including phenoxy) is 1. The van der Waals surface area contributed by atoms with Gasteiger partial charge in [0.1, 0.15) is 17.4 Å². The molecule has 0 bridgehead atoms. The van der Waals surface area contributed by atoms with Gasteiger partial charge in [0.25, 0.3) is 5.56 Å². The van der Waals surface area contributed by atoms with Gasteiger partial charge in [0.2, 0.25) is 17.8 Å². The van der Waals surface area contributed by atoms with E-state index in [-0.39, 0.29) is 23.8 Å². The van der Waals surface area contributed by atoms with Crippen molar-refractivity contribution < 1.29 is 18.7 Å². The third-order valence-electron chi connectivity index (χ3n) is 5.08. The number of hydrogen-bond acceptors (Lipinski definition) is 6. The SMILES string of the molecule is COc1ccc(C)c(NC(=O)[C@H]2CC(=O)Nc3nc(Nc4ccc(F)cc4)[nH]c(=O)c32)c1. The summed E-state index contributed by atoms with van der Waals surface area (Å²) in [5.41, 5.74) is 1.29. The largest absolute Gasteiger partial charge is 0.497 e. The number of amides is 2. The molecule has 10 heteroatoms. The van der Waals surface area contributed by atoms with Crippen LogP contribution in [0, 0.1) is 12.7 Å². The molecule has 1 aromatic heterocycles. The number of nitrogens with one attached hydrogen (secondary N) is 4. The van der Waals surface area contributed by atoms with Crippen molar-refractivity contribution in [2.75, 3.05) is 23.1 Å². The summed E-state index contributed by atoms with van der Waals surface area (Å²) in [5.74, 6) is -1.78. The molecular formula is C22H20FN5O4. The molecule has 0 aliphatic carbocycles. The van der Waals surface area contributed by atoms with Gasteiger partial charge in [-0.3, -0.25) is 19.4 Å². The second kappa shape index (κ2) is 8.50. The van der Waals surface area contributed by atoms with E-state index < -0.39 is 29.1 Å². The lowest BCUT2D eigenvalue weighted by Gasteiger charge is -2.24. The zero-order valence-corrected chi connectivity index (χ0v) is 17.3. The van der Waals surface area contributed by atoms with Crippen molar-refractivity contribution >= 4 is 35.0 Å². The van der Waals surface area contributed by atoms with Crippen molar-refractivity contribution in [3.63, 3.8) is 0 Å². The quantitative estimate of drug-likeness (QED) is 0.486. The van der Waals surface area contributed by atoms with Crippen molar-refractivity contribution in [1.29, 1.82) is 0 Å². The maximum absolute atomic E-state index is 13.1. The molecule has 4 rings (SSSR count). The van der Waals surface area contributed by atoms with E-state index in [1.165, 1.54) is 31.4 Å². The summed E-state index contributed by atoms with van der Waals surface area (Å²) in [6, 6.07) is 10.7. The first-order valence-electron chi connectivity index (χ1n) is 9.76. The molecule has 4 N–H and O–H groups in total. The second-order valence-electron chi connectivity index (χ2n) is 7.28. The third kappa shape index (κ3) is 4.29. The number of fused-ring (bicyclic) bond motifs is 1. The molecule has 2 aromatic carbocycles. The predicted octanol–water partition coefficient (Wildman–Crippen LogP) is 3.03. The molecule has 164 valence electrons. The number of carbonyl (C=O) groups is 2. The number of nitrogens with zero attached hydrogens (tertiary/aromatic N) is 1. The summed E-state index contributed by atoms with van der Waals surface area (Å²) < 4.78 is 18.3. The highest BCUT2D eigenvalue weighted by atomic mass is 19.1. The summed E-state index contributed by atoms with van der Waals surface area (Å²) >= 11 is 0. The molecular weight excluding hydrogens is 417 g/mol. The van der Waals surface area contributed by atoms with Gasteiger partial charge < -0.3 is 20.7 Å². The van der Waals surface area contributed by atoms with Crippen LogP contribution in [0.5, 0.6) is 5.75 Å². The van der Waals surface area contributed by atoms with E-state index in [1.54, 1.807) is 18.2 Å². The first kappa shape index (κ1) is 21.0. The van der Waals surface area contributed by atoms with Gasteiger partial charge in [-0.25, -0.2) is 4.39 Å². The Kier molecular flexibility index (Phi) is 5.59. The number of aromatic amines is 1. The zero-order chi connectivity index (χ0) is 22.8. The first-order valence-corrected chi connectivity index (χ1v) is 9.76. The Bertz CT molecular complexity index is 1260. The van der Waals surface area contributed by atoms with Crippen molar-refractivity contribution in [2.24, 2.45) is 0 Å². The molecule has 0 saturated carbocycles. The molecule has 0 spiro atoms. The van der Waals surface area contributed by atoms with E-state index in [0.717, 1.165) is 5.56 Å². The van der Waals surface area contributed by atoms with Gasteiger partial charge in [-0.15, -0.1) is 0 Å². The van der Waals surface area contributed by atoms with Crippen LogP contribution in [0.3, 0.4) is 0 Å². The van der Waals surface area contributed by atoms with Gasteiger partial charge >= 0.3 is 0 Å². The fourth-order valence-electron chi connectivity index (χ4n) is 3.41. The number of carbonyl (C=O) groups excluding carboxylic acids is 2. The standard InChI is InChI=1S/C22H20FN5O4/c1-11-3-8-14(32-2)9-16(11)25-20(30)15-10-17(29)26-19-18(15)21(31)28-22(27-19)24-13-6-4-12(23)5-7-13/h3-9,15H,10H2,1-2H3,(H,25,30)(H3,24,26,27,28,29,31)/t15-/m0/s1. The number of methoxy groups -OCH3 is 1. The van der Waals surface area contributed by atoms with E-state index in [4.69, 9.17) is 4.74 Å². The lowest BCUT2D eigenvalue weighted by molar-refractivity contribution is -0.123. The first-order chi connectivity index (χ1) is 15.3. The van der Waals surface area contributed by atoms with E-state index in [0.29, 0.717) is 17.1 Å². The Labute approximate surface area is 182 Å². The van der Waals surface area contributed by atoms with E-state index >= 15 is 0 Å². The van der Waals surface area contributed by atoms with Crippen LogP contribution < -0.4 is 26.2 Å². The van der Waals surface area contributed by atoms with Crippen LogP contribution >= 0.6 is 0 Å². The minimum absolute atomic E-state index is 0.00266. The van der Waals surface area contributed by atoms with Crippen LogP contribution in [-0.2, 0) is 9.59 Å². The lowest BCUT2D eigenvalue weighted by Crippen LogP contribution is -2.36. The average Bonchev–Trinajstić information content (AvgIpc) is 2.76. The number of aromatic nitrogens is 2. The number of halogens is 1. The van der Waals surface area contributed by atoms with Gasteiger partial charge in [-0.1, -0.05) is 6.07 Å². The van der Waals surface area contributed by atoms with Gasteiger partial charge in [0.05, 0.1) is 18.6 Å². The number of anilines is 4. The molecule has 1 aliphatic rings. The molecule has 3 aromatic rings. The van der Waals surface area contributed by atoms with Gasteiger partial charge in [-0.05, 0) is 42.8 Å². The van der Waals surface area contributed by atoms with Crippen molar-refractivity contribution in [3.8, 4) is 5.75 Å². The van der Waals surface area contributed by atoms with Crippen LogP contribution in [0.1, 0.15) is 23.5 Å². The molecule has 0 fully saturated rings. The van der Waals surface area contributed by atoms with Crippen LogP contribution in [-0.4, -0.2) is 28.9 Å². The fourth-order valence-corrected chi connectivity index (χ4v) is 3.41. The zero-order valence-electron chi connectivity index (χ0n) is 17.3. The number of rotatable bonds is 5. The van der Waals surface area contributed by atoms with Gasteiger partial charge in [0, 0.05) is 23.9 Å². The molecule has 2 amide bonds. The fraction of sp³-hybridized carbons (Fsp3) is 0.182. The van der Waals surface area contributed by atoms with Crippen LogP contribution in [0.25, 0.3) is 0 Å². The second-order valence-corrected chi connectivity index (χ2v) is 7.28. The van der Waals surface area contributed by atoms with Crippen molar-refractivity contribution in [1.82, 2.24) is 9.97 Å². The summed E-state index contributed by atoms with van der Waals surface area (Å²) in [7, 11) is 1.51. The van der Waals surface area contributed by atoms with E-state index in [2.05, 4.69) is 25.9 Å². The molecule has 32 heavy (non-hydrogen) atoms. The molecule has 0 saturated heterocycles. The van der Waals surface area contributed by atoms with Gasteiger partial charge in [-0.2, -0.15) is 4.98 Å².